The highest BCUT2D eigenvalue weighted by Crippen LogP contribution is 2.40. The third-order valence-corrected chi connectivity index (χ3v) is 5.60. The number of amides is 1. The summed E-state index contributed by atoms with van der Waals surface area (Å²) in [5.41, 5.74) is 1.27. The van der Waals surface area contributed by atoms with Crippen molar-refractivity contribution >= 4 is 33.1 Å². The van der Waals surface area contributed by atoms with Gasteiger partial charge >= 0.3 is 6.18 Å². The number of alkyl halides is 3. The molecule has 30 heavy (non-hydrogen) atoms. The van der Waals surface area contributed by atoms with E-state index in [4.69, 9.17) is 4.74 Å². The summed E-state index contributed by atoms with van der Waals surface area (Å²) in [6, 6.07) is 16.8. The van der Waals surface area contributed by atoms with Gasteiger partial charge in [0.05, 0.1) is 22.9 Å². The molecule has 152 valence electrons. The van der Waals surface area contributed by atoms with Crippen molar-refractivity contribution in [1.82, 2.24) is 4.98 Å². The van der Waals surface area contributed by atoms with Gasteiger partial charge in [-0.1, -0.05) is 30.3 Å². The van der Waals surface area contributed by atoms with E-state index in [0.717, 1.165) is 23.6 Å². The van der Waals surface area contributed by atoms with Crippen LogP contribution in [0, 0.1) is 0 Å². The summed E-state index contributed by atoms with van der Waals surface area (Å²) in [6.07, 6.45) is -3.71. The molecule has 0 fully saturated rings. The van der Waals surface area contributed by atoms with E-state index < -0.39 is 17.6 Å². The standard InChI is InChI=1S/C22H15F3N2O2S/c1-29-16-9-7-15(8-10-16)27-21(28)20-18(13-5-3-2-4-6-13)19-17(30-20)11-14(12-26-19)22(23,24)25/h2-12H,1H3,(H,27,28). The molecule has 0 saturated carbocycles. The first-order valence-electron chi connectivity index (χ1n) is 8.87. The Balaban J connectivity index is 1.81. The predicted octanol–water partition coefficient (Wildman–Crippen LogP) is 6.24. The van der Waals surface area contributed by atoms with Crippen LogP contribution in [-0.4, -0.2) is 18.0 Å². The molecule has 0 saturated heterocycles. The molecule has 4 nitrogen and oxygen atoms in total. The molecule has 1 N–H and O–H groups in total. The van der Waals surface area contributed by atoms with Gasteiger partial charge in [-0.05, 0) is 35.9 Å². The normalized spacial score (nSPS) is 11.5. The van der Waals surface area contributed by atoms with E-state index in [9.17, 15) is 18.0 Å². The molecule has 1 amide bonds. The van der Waals surface area contributed by atoms with Crippen molar-refractivity contribution in [2.24, 2.45) is 0 Å². The third kappa shape index (κ3) is 3.86. The zero-order valence-corrected chi connectivity index (χ0v) is 16.5. The number of aromatic nitrogens is 1. The lowest BCUT2D eigenvalue weighted by Gasteiger charge is -2.08. The van der Waals surface area contributed by atoms with Crippen LogP contribution in [0.3, 0.4) is 0 Å². The molecule has 2 aromatic carbocycles. The lowest BCUT2D eigenvalue weighted by molar-refractivity contribution is -0.137. The van der Waals surface area contributed by atoms with Crippen LogP contribution in [0.4, 0.5) is 18.9 Å². The first-order chi connectivity index (χ1) is 14.4. The Morgan fingerprint density at radius 3 is 2.40 bits per heavy atom. The second-order valence-electron chi connectivity index (χ2n) is 6.42. The van der Waals surface area contributed by atoms with E-state index in [1.807, 2.05) is 6.07 Å². The van der Waals surface area contributed by atoms with Gasteiger partial charge in [0.15, 0.2) is 0 Å². The van der Waals surface area contributed by atoms with Crippen molar-refractivity contribution in [3.05, 3.63) is 77.3 Å². The highest BCUT2D eigenvalue weighted by Gasteiger charge is 2.32. The number of thiophene rings is 1. The Bertz CT molecular complexity index is 1200. The molecule has 0 aliphatic heterocycles. The summed E-state index contributed by atoms with van der Waals surface area (Å²) < 4.78 is 44.8. The summed E-state index contributed by atoms with van der Waals surface area (Å²) in [5.74, 6) is 0.222. The number of carbonyl (C=O) groups is 1. The average molecular weight is 428 g/mol. The fourth-order valence-corrected chi connectivity index (χ4v) is 4.15. The second kappa shape index (κ2) is 7.79. The van der Waals surface area contributed by atoms with Crippen molar-refractivity contribution in [3.8, 4) is 16.9 Å². The number of hydrogen-bond donors (Lipinski definition) is 1. The van der Waals surface area contributed by atoms with Crippen LogP contribution in [0.1, 0.15) is 15.2 Å². The van der Waals surface area contributed by atoms with Crippen molar-refractivity contribution in [2.75, 3.05) is 12.4 Å². The summed E-state index contributed by atoms with van der Waals surface area (Å²) in [5, 5.41) is 2.79. The number of nitrogens with one attached hydrogen (secondary N) is 1. The molecule has 0 bridgehead atoms. The molecule has 4 aromatic rings. The van der Waals surface area contributed by atoms with Crippen LogP contribution in [0.5, 0.6) is 5.75 Å². The zero-order valence-electron chi connectivity index (χ0n) is 15.7. The number of nitrogens with zero attached hydrogens (tertiary/aromatic N) is 1. The number of carbonyl (C=O) groups excluding carboxylic acids is 1. The Morgan fingerprint density at radius 1 is 1.07 bits per heavy atom. The SMILES string of the molecule is COc1ccc(NC(=O)c2sc3cc(C(F)(F)F)cnc3c2-c2ccccc2)cc1. The Kier molecular flexibility index (Phi) is 5.17. The highest BCUT2D eigenvalue weighted by molar-refractivity contribution is 7.21. The number of ether oxygens (including phenoxy) is 1. The average Bonchev–Trinajstić information content (AvgIpc) is 3.13. The molecule has 0 unspecified atom stereocenters. The van der Waals surface area contributed by atoms with E-state index >= 15 is 0 Å². The van der Waals surface area contributed by atoms with Gasteiger partial charge in [0.25, 0.3) is 5.91 Å². The summed E-state index contributed by atoms with van der Waals surface area (Å²) in [7, 11) is 1.54. The minimum atomic E-state index is -4.51. The molecule has 2 aromatic heterocycles. The van der Waals surface area contributed by atoms with Crippen LogP contribution < -0.4 is 10.1 Å². The molecule has 2 heterocycles. The molecule has 0 spiro atoms. The highest BCUT2D eigenvalue weighted by atomic mass is 32.1. The summed E-state index contributed by atoms with van der Waals surface area (Å²) >= 11 is 0.985. The molecule has 0 atom stereocenters. The molecule has 4 rings (SSSR count). The fourth-order valence-electron chi connectivity index (χ4n) is 3.03. The number of anilines is 1. The van der Waals surface area contributed by atoms with Gasteiger partial charge in [-0.3, -0.25) is 9.78 Å². The van der Waals surface area contributed by atoms with Gasteiger partial charge in [0, 0.05) is 17.4 Å². The largest absolute Gasteiger partial charge is 0.497 e. The van der Waals surface area contributed by atoms with Crippen molar-refractivity contribution in [3.63, 3.8) is 0 Å². The first-order valence-corrected chi connectivity index (χ1v) is 9.69. The van der Waals surface area contributed by atoms with Gasteiger partial charge in [-0.25, -0.2) is 0 Å². The second-order valence-corrected chi connectivity index (χ2v) is 7.48. The van der Waals surface area contributed by atoms with Crippen LogP contribution in [0.2, 0.25) is 0 Å². The predicted molar refractivity (Wildman–Crippen MR) is 111 cm³/mol. The maximum absolute atomic E-state index is 13.1. The van der Waals surface area contributed by atoms with E-state index in [0.29, 0.717) is 37.7 Å². The van der Waals surface area contributed by atoms with Gasteiger partial charge in [0.2, 0.25) is 0 Å². The lowest BCUT2D eigenvalue weighted by atomic mass is 10.0. The molecule has 0 aliphatic rings. The number of pyridine rings is 1. The van der Waals surface area contributed by atoms with Crippen molar-refractivity contribution in [2.45, 2.75) is 6.18 Å². The van der Waals surface area contributed by atoms with E-state index in [-0.39, 0.29) is 0 Å². The van der Waals surface area contributed by atoms with Gasteiger partial charge in [0.1, 0.15) is 10.6 Å². The summed E-state index contributed by atoms with van der Waals surface area (Å²) in [6.45, 7) is 0. The minimum Gasteiger partial charge on any atom is -0.497 e. The number of halogens is 3. The van der Waals surface area contributed by atoms with Crippen molar-refractivity contribution < 1.29 is 22.7 Å². The van der Waals surface area contributed by atoms with E-state index in [1.165, 1.54) is 0 Å². The Hall–Kier alpha value is -3.39. The van der Waals surface area contributed by atoms with Gasteiger partial charge in [-0.15, -0.1) is 11.3 Å². The number of benzene rings is 2. The van der Waals surface area contributed by atoms with Gasteiger partial charge in [-0.2, -0.15) is 13.2 Å². The smallest absolute Gasteiger partial charge is 0.417 e. The molecular formula is C22H15F3N2O2S. The molecule has 0 radical (unpaired) electrons. The number of rotatable bonds is 4. The van der Waals surface area contributed by atoms with Crippen LogP contribution in [0.15, 0.2) is 66.9 Å². The van der Waals surface area contributed by atoms with Crippen LogP contribution >= 0.6 is 11.3 Å². The van der Waals surface area contributed by atoms with Crippen molar-refractivity contribution in [1.29, 1.82) is 0 Å². The maximum Gasteiger partial charge on any atom is 0.417 e. The van der Waals surface area contributed by atoms with E-state index in [1.54, 1.807) is 55.6 Å². The maximum atomic E-state index is 13.1. The molecular weight excluding hydrogens is 413 g/mol. The molecule has 8 heteroatoms. The first kappa shape index (κ1) is 19.9. The topological polar surface area (TPSA) is 51.2 Å². The number of fused-ring (bicyclic) bond motifs is 1. The fraction of sp³-hybridized carbons (Fsp3) is 0.0909. The number of methoxy groups -OCH3 is 1. The summed E-state index contributed by atoms with van der Waals surface area (Å²) in [4.78, 5) is 17.4. The van der Waals surface area contributed by atoms with Gasteiger partial charge < -0.3 is 10.1 Å². The minimum absolute atomic E-state index is 0.291. The molecule has 0 aliphatic carbocycles. The Morgan fingerprint density at radius 2 is 1.77 bits per heavy atom. The van der Waals surface area contributed by atoms with E-state index in [2.05, 4.69) is 10.3 Å². The van der Waals surface area contributed by atoms with Crippen LogP contribution in [-0.2, 0) is 6.18 Å². The third-order valence-electron chi connectivity index (χ3n) is 4.47. The zero-order chi connectivity index (χ0) is 21.3. The number of hydrogen-bond acceptors (Lipinski definition) is 4. The van der Waals surface area contributed by atoms with Crippen LogP contribution in [0.25, 0.3) is 21.3 Å². The quantitative estimate of drug-likeness (QED) is 0.418. The monoisotopic (exact) mass is 428 g/mol. The lowest BCUT2D eigenvalue weighted by Crippen LogP contribution is -2.11. The Labute approximate surface area is 174 Å².